The van der Waals surface area contributed by atoms with Crippen molar-refractivity contribution in [3.8, 4) is 28.3 Å². The van der Waals surface area contributed by atoms with E-state index in [1.54, 1.807) is 4.90 Å². The Balaban J connectivity index is 1.61. The van der Waals surface area contributed by atoms with Crippen LogP contribution in [0.4, 0.5) is 10.5 Å². The molecule has 1 amide bonds. The number of hydrogen-bond acceptors (Lipinski definition) is 4. The topological polar surface area (TPSA) is 65.9 Å². The van der Waals surface area contributed by atoms with Crippen molar-refractivity contribution in [1.29, 1.82) is 0 Å². The van der Waals surface area contributed by atoms with Gasteiger partial charge < -0.3 is 14.7 Å². The average molecular weight is 502 g/mol. The predicted octanol–water partition coefficient (Wildman–Crippen LogP) is 6.73. The van der Waals surface area contributed by atoms with Gasteiger partial charge in [0.15, 0.2) is 0 Å². The Morgan fingerprint density at radius 1 is 1.08 bits per heavy atom. The number of amides is 1. The maximum Gasteiger partial charge on any atom is 0.408 e. The quantitative estimate of drug-likeness (QED) is 0.400. The van der Waals surface area contributed by atoms with E-state index in [0.29, 0.717) is 17.5 Å². The molecule has 0 unspecified atom stereocenters. The van der Waals surface area contributed by atoms with Crippen molar-refractivity contribution in [3.05, 3.63) is 66.2 Å². The number of nitrogens with zero attached hydrogens (tertiary/aromatic N) is 3. The highest BCUT2D eigenvalue weighted by Crippen LogP contribution is 2.50. The molecule has 1 N–H and O–H groups in total. The Labute approximate surface area is 217 Å². The number of rotatable bonds is 4. The van der Waals surface area contributed by atoms with Crippen molar-refractivity contribution in [1.82, 2.24) is 9.88 Å². The van der Waals surface area contributed by atoms with Crippen LogP contribution in [0.15, 0.2) is 60.7 Å². The number of aromatic nitrogens is 1. The molecule has 1 aliphatic heterocycles. The highest BCUT2D eigenvalue weighted by molar-refractivity contribution is 7.80. The van der Waals surface area contributed by atoms with Crippen molar-refractivity contribution < 1.29 is 14.6 Å². The third kappa shape index (κ3) is 4.01. The number of hydrogen-bond donors (Lipinski definition) is 1. The van der Waals surface area contributed by atoms with E-state index in [9.17, 15) is 9.90 Å². The van der Waals surface area contributed by atoms with E-state index in [-0.39, 0.29) is 0 Å². The number of carbonyl (C=O) groups is 1. The van der Waals surface area contributed by atoms with Gasteiger partial charge in [-0.15, -0.1) is 0 Å². The summed E-state index contributed by atoms with van der Waals surface area (Å²) in [5.74, 6) is 0.560. The number of anilines is 1. The summed E-state index contributed by atoms with van der Waals surface area (Å²) in [5, 5.41) is 10.1. The molecule has 0 radical (unpaired) electrons. The molecule has 0 saturated heterocycles. The maximum absolute atomic E-state index is 12.3. The zero-order valence-electron chi connectivity index (χ0n) is 21.1. The molecule has 6 nitrogen and oxygen atoms in total. The molecular formula is C29H31N3O3S. The fourth-order valence-corrected chi connectivity index (χ4v) is 5.61. The fourth-order valence-electron chi connectivity index (χ4n) is 5.45. The summed E-state index contributed by atoms with van der Waals surface area (Å²) in [6.07, 6.45) is 1.78. The van der Waals surface area contributed by atoms with Gasteiger partial charge >= 0.3 is 6.09 Å². The molecule has 2 aromatic carbocycles. The second kappa shape index (κ2) is 8.89. The summed E-state index contributed by atoms with van der Waals surface area (Å²) >= 11 is 5.45. The summed E-state index contributed by atoms with van der Waals surface area (Å²) in [4.78, 5) is 21.6. The van der Waals surface area contributed by atoms with Crippen LogP contribution in [0.5, 0.6) is 5.88 Å². The Morgan fingerprint density at radius 3 is 2.31 bits per heavy atom. The van der Waals surface area contributed by atoms with Gasteiger partial charge in [-0.05, 0) is 57.2 Å². The Bertz CT molecular complexity index is 1310. The zero-order valence-corrected chi connectivity index (χ0v) is 21.9. The largest absolute Gasteiger partial charge is 0.469 e. The number of carboxylic acid groups (broad SMARTS) is 1. The van der Waals surface area contributed by atoms with Crippen LogP contribution in [-0.2, 0) is 5.54 Å². The van der Waals surface area contributed by atoms with Crippen molar-refractivity contribution in [2.45, 2.75) is 51.1 Å². The monoisotopic (exact) mass is 501 g/mol. The van der Waals surface area contributed by atoms with E-state index in [4.69, 9.17) is 21.9 Å². The first-order valence-electron chi connectivity index (χ1n) is 12.3. The Kier molecular flexibility index (Phi) is 5.99. The minimum absolute atomic E-state index is 0.329. The molecule has 0 bridgehead atoms. The molecular weight excluding hydrogens is 470 g/mol. The van der Waals surface area contributed by atoms with E-state index < -0.39 is 17.2 Å². The third-order valence-corrected chi connectivity index (χ3v) is 7.68. The van der Waals surface area contributed by atoms with E-state index in [1.165, 1.54) is 0 Å². The molecule has 0 atom stereocenters. The minimum atomic E-state index is -0.881. The van der Waals surface area contributed by atoms with Gasteiger partial charge in [-0.2, -0.15) is 0 Å². The average Bonchev–Trinajstić information content (AvgIpc) is 2.83. The smallest absolute Gasteiger partial charge is 0.408 e. The number of thiocarbonyl (C=S) groups is 1. The second-order valence-electron chi connectivity index (χ2n) is 10.6. The van der Waals surface area contributed by atoms with E-state index in [1.807, 2.05) is 50.9 Å². The summed E-state index contributed by atoms with van der Waals surface area (Å²) in [7, 11) is 1.94. The summed E-state index contributed by atoms with van der Waals surface area (Å²) < 4.78 is 5.89. The summed E-state index contributed by atoms with van der Waals surface area (Å²) in [6.45, 7) is 6.21. The van der Waals surface area contributed by atoms with E-state index in [0.717, 1.165) is 52.9 Å². The zero-order chi connectivity index (χ0) is 25.7. The fraction of sp³-hybridized carbons (Fsp3) is 0.345. The number of fused-ring (bicyclic) bond motifs is 1. The summed E-state index contributed by atoms with van der Waals surface area (Å²) in [5.41, 5.74) is 4.68. The first-order chi connectivity index (χ1) is 17.1. The molecule has 36 heavy (non-hydrogen) atoms. The SMILES string of the molecule is CN1C(=S)COc2nc(-c3ccc(C4(N(C(=O)O)C(C)(C)C)CCC4)cc3)c(-c3ccccc3)cc21. The standard InChI is InChI=1S/C29H31N3O3S/c1-28(2,3)32(27(33)34)29(15-8-16-29)21-13-11-20(12-14-21)25-22(19-9-6-5-7-10-19)17-23-26(30-25)35-18-24(36)31(23)4/h5-7,9-14,17H,8,15-16,18H2,1-4H3,(H,33,34). The van der Waals surface area contributed by atoms with Crippen LogP contribution >= 0.6 is 12.2 Å². The number of likely N-dealkylation sites (N-methyl/N-ethyl adjacent to an activating group) is 1. The molecule has 7 heteroatoms. The van der Waals surface area contributed by atoms with Gasteiger partial charge in [0, 0.05) is 23.7 Å². The lowest BCUT2D eigenvalue weighted by atomic mass is 9.69. The molecule has 3 aromatic rings. The highest BCUT2D eigenvalue weighted by Gasteiger charge is 2.50. The maximum atomic E-state index is 12.3. The molecule has 186 valence electrons. The number of ether oxygens (including phenoxy) is 1. The van der Waals surface area contributed by atoms with Gasteiger partial charge in [-0.1, -0.05) is 66.8 Å². The summed E-state index contributed by atoms with van der Waals surface area (Å²) in [6, 6.07) is 20.5. The van der Waals surface area contributed by atoms with Crippen LogP contribution in [0, 0.1) is 0 Å². The molecule has 2 heterocycles. The van der Waals surface area contributed by atoms with Crippen LogP contribution in [0.25, 0.3) is 22.4 Å². The van der Waals surface area contributed by atoms with Gasteiger partial charge in [0.05, 0.1) is 11.2 Å². The van der Waals surface area contributed by atoms with Crippen LogP contribution in [0.2, 0.25) is 0 Å². The Morgan fingerprint density at radius 2 is 1.75 bits per heavy atom. The van der Waals surface area contributed by atoms with Gasteiger partial charge in [0.25, 0.3) is 0 Å². The van der Waals surface area contributed by atoms with Crippen molar-refractivity contribution in [2.24, 2.45) is 0 Å². The molecule has 1 aromatic heterocycles. The number of pyridine rings is 1. The Hall–Kier alpha value is -3.45. The van der Waals surface area contributed by atoms with Crippen molar-refractivity contribution in [3.63, 3.8) is 0 Å². The lowest BCUT2D eigenvalue weighted by molar-refractivity contribution is -0.0328. The van der Waals surface area contributed by atoms with Crippen molar-refractivity contribution >= 4 is 29.0 Å². The van der Waals surface area contributed by atoms with E-state index >= 15 is 0 Å². The van der Waals surface area contributed by atoms with Gasteiger partial charge in [-0.3, -0.25) is 4.90 Å². The van der Waals surface area contributed by atoms with Crippen molar-refractivity contribution in [2.75, 3.05) is 18.6 Å². The first-order valence-corrected chi connectivity index (χ1v) is 12.7. The third-order valence-electron chi connectivity index (χ3n) is 7.29. The molecule has 0 spiro atoms. The molecule has 5 rings (SSSR count). The van der Waals surface area contributed by atoms with Gasteiger partial charge in [0.2, 0.25) is 5.88 Å². The molecule has 1 fully saturated rings. The molecule has 1 aliphatic carbocycles. The predicted molar refractivity (Wildman–Crippen MR) is 147 cm³/mol. The van der Waals surface area contributed by atoms with Crippen LogP contribution in [-0.4, -0.2) is 45.3 Å². The van der Waals surface area contributed by atoms with E-state index in [2.05, 4.69) is 42.5 Å². The molecule has 2 aliphatic rings. The van der Waals surface area contributed by atoms with Gasteiger partial charge in [-0.25, -0.2) is 9.78 Å². The lowest BCUT2D eigenvalue weighted by Crippen LogP contribution is -2.60. The second-order valence-corrected chi connectivity index (χ2v) is 11.0. The normalized spacial score (nSPS) is 16.6. The van der Waals surface area contributed by atoms with Crippen LogP contribution in [0.3, 0.4) is 0 Å². The molecule has 1 saturated carbocycles. The van der Waals surface area contributed by atoms with Crippen LogP contribution in [0.1, 0.15) is 45.6 Å². The lowest BCUT2D eigenvalue weighted by Gasteiger charge is -2.54. The first kappa shape index (κ1) is 24.3. The highest BCUT2D eigenvalue weighted by atomic mass is 32.1. The van der Waals surface area contributed by atoms with Crippen LogP contribution < -0.4 is 9.64 Å². The van der Waals surface area contributed by atoms with Gasteiger partial charge in [0.1, 0.15) is 17.3 Å². The minimum Gasteiger partial charge on any atom is -0.469 e. The number of benzene rings is 2.